The Balaban J connectivity index is 0.00000144. The first-order valence-electron chi connectivity index (χ1n) is 4.22. The van der Waals surface area contributed by atoms with Gasteiger partial charge in [0.15, 0.2) is 0 Å². The zero-order chi connectivity index (χ0) is 11.7. The molecule has 0 saturated heterocycles. The number of carboxylic acid groups (broad SMARTS) is 1. The Bertz CT molecular complexity index is 546. The maximum atomic E-state index is 13.1. The van der Waals surface area contributed by atoms with Gasteiger partial charge in [-0.15, -0.1) is 0 Å². The molecule has 3 nitrogen and oxygen atoms in total. The van der Waals surface area contributed by atoms with Gasteiger partial charge in [-0.05, 0) is 0 Å². The van der Waals surface area contributed by atoms with Gasteiger partial charge in [-0.25, -0.2) is 0 Å². The molecule has 0 unspecified atom stereocenters. The van der Waals surface area contributed by atoms with Crippen LogP contribution in [-0.2, 0) is 0 Å². The quantitative estimate of drug-likeness (QED) is 0.755. The molecule has 0 radical (unpaired) electrons. The Hall–Kier alpha value is -0.563. The van der Waals surface area contributed by atoms with Crippen molar-refractivity contribution in [2.45, 2.75) is 0 Å². The topological polar surface area (TPSA) is 50.2 Å². The number of benzene rings is 1. The fourth-order valence-electron chi connectivity index (χ4n) is 1.18. The van der Waals surface area contributed by atoms with Gasteiger partial charge in [0.05, 0.1) is 0 Å². The van der Waals surface area contributed by atoms with Crippen molar-refractivity contribution in [1.82, 2.24) is 4.98 Å². The number of hydrogen-bond acceptors (Lipinski definition) is 2. The largest absolute Gasteiger partial charge is 1.00 e. The number of nitrogens with zero attached hydrogens (tertiary/aromatic N) is 1. The van der Waals surface area contributed by atoms with Crippen molar-refractivity contribution in [3.05, 3.63) is 39.7 Å². The first-order chi connectivity index (χ1) is 7.56. The molecule has 0 fully saturated rings. The SMILES string of the molecule is O=C(O)c1cnc(-c2cc(F)cc(Cl)c2)[se]1.[H-].[Li+]. The van der Waals surface area contributed by atoms with Gasteiger partial charge in [-0.3, -0.25) is 0 Å². The van der Waals surface area contributed by atoms with Gasteiger partial charge in [-0.2, -0.15) is 0 Å². The molecule has 1 N–H and O–H groups in total. The van der Waals surface area contributed by atoms with Gasteiger partial charge in [0.25, 0.3) is 0 Å². The van der Waals surface area contributed by atoms with Gasteiger partial charge in [0.2, 0.25) is 0 Å². The molecular weight excluding hydrogens is 306 g/mol. The summed E-state index contributed by atoms with van der Waals surface area (Å²) in [6.45, 7) is 0. The summed E-state index contributed by atoms with van der Waals surface area (Å²) in [6.07, 6.45) is 1.30. The van der Waals surface area contributed by atoms with Crippen molar-refractivity contribution in [1.29, 1.82) is 0 Å². The summed E-state index contributed by atoms with van der Waals surface area (Å²) in [5.41, 5.74) is 0.539. The normalized spacial score (nSPS) is 9.76. The van der Waals surface area contributed by atoms with Gasteiger partial charge in [-0.1, -0.05) is 0 Å². The second-order valence-electron chi connectivity index (χ2n) is 2.99. The summed E-state index contributed by atoms with van der Waals surface area (Å²) in [6, 6.07) is 4.06. The van der Waals surface area contributed by atoms with Gasteiger partial charge < -0.3 is 1.43 Å². The molecule has 0 bridgehead atoms. The maximum absolute atomic E-state index is 13.1. The van der Waals surface area contributed by atoms with Gasteiger partial charge in [0, 0.05) is 0 Å². The van der Waals surface area contributed by atoms with Crippen LogP contribution in [0.2, 0.25) is 5.02 Å². The number of rotatable bonds is 2. The summed E-state index contributed by atoms with van der Waals surface area (Å²) >= 11 is 5.31. The van der Waals surface area contributed by atoms with E-state index in [4.69, 9.17) is 16.7 Å². The Morgan fingerprint density at radius 1 is 1.47 bits per heavy atom. The molecule has 2 aromatic rings. The third kappa shape index (κ3) is 3.45. The molecule has 1 heterocycles. The monoisotopic (exact) mass is 313 g/mol. The minimum Gasteiger partial charge on any atom is -1.00 e. The Labute approximate surface area is 121 Å². The fourth-order valence-corrected chi connectivity index (χ4v) is 2.96. The second kappa shape index (κ2) is 5.86. The van der Waals surface area contributed by atoms with Crippen LogP contribution in [0.4, 0.5) is 4.39 Å². The fraction of sp³-hybridized carbons (Fsp3) is 0. The molecular formula is C10H6ClFLiNO2Se. The van der Waals surface area contributed by atoms with E-state index in [2.05, 4.69) is 4.98 Å². The Kier molecular flexibility index (Phi) is 5.00. The summed E-state index contributed by atoms with van der Waals surface area (Å²) in [5, 5.41) is 9.04. The minimum absolute atomic E-state index is 0. The smallest absolute Gasteiger partial charge is 1.00 e. The van der Waals surface area contributed by atoms with E-state index in [1.807, 2.05) is 0 Å². The average Bonchev–Trinajstić information content (AvgIpc) is 2.64. The van der Waals surface area contributed by atoms with E-state index in [1.54, 1.807) is 6.07 Å². The molecule has 0 atom stereocenters. The van der Waals surface area contributed by atoms with E-state index in [1.165, 1.54) is 18.3 Å². The maximum Gasteiger partial charge on any atom is 1.00 e. The van der Waals surface area contributed by atoms with Crippen molar-refractivity contribution in [3.8, 4) is 10.1 Å². The molecule has 84 valence electrons. The van der Waals surface area contributed by atoms with Crippen LogP contribution in [0.1, 0.15) is 10.7 Å². The summed E-state index contributed by atoms with van der Waals surface area (Å²) < 4.78 is 13.9. The molecule has 1 aromatic heterocycles. The molecule has 7 heteroatoms. The predicted molar refractivity (Wildman–Crippen MR) is 59.7 cm³/mol. The molecule has 0 amide bonds. The minimum atomic E-state index is -0.985. The van der Waals surface area contributed by atoms with Crippen LogP contribution in [0.3, 0.4) is 0 Å². The number of halogens is 2. The van der Waals surface area contributed by atoms with Crippen molar-refractivity contribution in [2.75, 3.05) is 0 Å². The third-order valence-corrected chi connectivity index (χ3v) is 4.21. The number of aromatic nitrogens is 1. The number of carboxylic acids is 1. The zero-order valence-corrected chi connectivity index (χ0v) is 11.2. The molecule has 0 spiro atoms. The van der Waals surface area contributed by atoms with Crippen LogP contribution in [-0.4, -0.2) is 30.6 Å². The van der Waals surface area contributed by atoms with Crippen molar-refractivity contribution in [2.24, 2.45) is 0 Å². The molecule has 1 aromatic carbocycles. The van der Waals surface area contributed by atoms with Crippen LogP contribution in [0.15, 0.2) is 24.4 Å². The summed E-state index contributed by atoms with van der Waals surface area (Å²) in [5.74, 6) is -1.44. The number of hydrogen-bond donors (Lipinski definition) is 1. The van der Waals surface area contributed by atoms with Crippen LogP contribution >= 0.6 is 11.6 Å². The van der Waals surface area contributed by atoms with Crippen molar-refractivity contribution >= 4 is 32.1 Å². The molecule has 0 aliphatic carbocycles. The van der Waals surface area contributed by atoms with Crippen LogP contribution in [0.5, 0.6) is 0 Å². The Morgan fingerprint density at radius 2 is 2.18 bits per heavy atom. The predicted octanol–water partition coefficient (Wildman–Crippen LogP) is -0.587. The zero-order valence-electron chi connectivity index (χ0n) is 9.78. The number of aromatic carboxylic acids is 1. The average molecular weight is 313 g/mol. The molecule has 0 aliphatic heterocycles. The van der Waals surface area contributed by atoms with Gasteiger partial charge >= 0.3 is 120 Å². The standard InChI is InChI=1S/C10H5ClFNO2Se.Li.H/c11-6-1-5(2-7(12)3-6)9-13-4-8(16-9)10(14)15;;/h1-4H,(H,14,15);;/q;+1;-1. The summed E-state index contributed by atoms with van der Waals surface area (Å²) in [7, 11) is 0. The van der Waals surface area contributed by atoms with E-state index in [-0.39, 0.29) is 29.7 Å². The van der Waals surface area contributed by atoms with Crippen LogP contribution in [0.25, 0.3) is 10.1 Å². The van der Waals surface area contributed by atoms with Crippen molar-refractivity contribution in [3.63, 3.8) is 0 Å². The molecule has 2 rings (SSSR count). The molecule has 0 saturated carbocycles. The second-order valence-corrected chi connectivity index (χ2v) is 5.59. The van der Waals surface area contributed by atoms with Crippen LogP contribution < -0.4 is 18.9 Å². The van der Waals surface area contributed by atoms with E-state index in [0.717, 1.165) is 0 Å². The third-order valence-electron chi connectivity index (χ3n) is 1.83. The van der Waals surface area contributed by atoms with Gasteiger partial charge in [0.1, 0.15) is 0 Å². The molecule has 17 heavy (non-hydrogen) atoms. The first-order valence-corrected chi connectivity index (χ1v) is 6.31. The van der Waals surface area contributed by atoms with E-state index in [0.29, 0.717) is 10.1 Å². The van der Waals surface area contributed by atoms with E-state index >= 15 is 0 Å². The Morgan fingerprint density at radius 3 is 2.71 bits per heavy atom. The first kappa shape index (κ1) is 14.5. The van der Waals surface area contributed by atoms with E-state index in [9.17, 15) is 9.18 Å². The van der Waals surface area contributed by atoms with E-state index < -0.39 is 26.3 Å². The van der Waals surface area contributed by atoms with Crippen LogP contribution in [0, 0.1) is 5.82 Å². The van der Waals surface area contributed by atoms with Crippen molar-refractivity contribution < 1.29 is 34.6 Å². The summed E-state index contributed by atoms with van der Waals surface area (Å²) in [4.78, 5) is 14.7. The molecule has 0 aliphatic rings. The number of carbonyl (C=O) groups is 1.